The molecular weight excluding hydrogens is 254 g/mol. The first-order valence-electron chi connectivity index (χ1n) is 7.26. The summed E-state index contributed by atoms with van der Waals surface area (Å²) >= 11 is 0. The van der Waals surface area contributed by atoms with Crippen molar-refractivity contribution in [3.05, 3.63) is 30.1 Å². The summed E-state index contributed by atoms with van der Waals surface area (Å²) in [5.41, 5.74) is 6.64. The Morgan fingerprint density at radius 1 is 1.45 bits per heavy atom. The first-order valence-corrected chi connectivity index (χ1v) is 7.26. The van der Waals surface area contributed by atoms with E-state index in [0.717, 1.165) is 24.8 Å². The van der Waals surface area contributed by atoms with Crippen molar-refractivity contribution in [2.75, 3.05) is 26.3 Å². The molecule has 1 fully saturated rings. The molecule has 5 nitrogen and oxygen atoms in total. The Balaban J connectivity index is 2.00. The Labute approximate surface area is 120 Å². The van der Waals surface area contributed by atoms with Crippen LogP contribution < -0.4 is 5.73 Å². The zero-order chi connectivity index (χ0) is 14.2. The second-order valence-electron chi connectivity index (χ2n) is 5.15. The zero-order valence-corrected chi connectivity index (χ0v) is 11.8. The molecule has 0 aliphatic carbocycles. The van der Waals surface area contributed by atoms with E-state index in [1.807, 2.05) is 23.2 Å². The van der Waals surface area contributed by atoms with Crippen LogP contribution in [0.15, 0.2) is 24.5 Å². The minimum Gasteiger partial charge on any atom is -0.381 e. The molecule has 1 aromatic heterocycles. The van der Waals surface area contributed by atoms with Crippen LogP contribution >= 0.6 is 0 Å². The minimum absolute atomic E-state index is 0.0956. The normalized spacial score (nSPS) is 16.1. The lowest BCUT2D eigenvalue weighted by atomic mass is 9.98. The number of ether oxygens (including phenoxy) is 1. The number of carbonyl (C=O) groups is 1. The molecule has 2 N–H and O–H groups in total. The smallest absolute Gasteiger partial charge is 0.226 e. The van der Waals surface area contributed by atoms with E-state index in [1.165, 1.54) is 0 Å². The van der Waals surface area contributed by atoms with E-state index in [1.54, 1.807) is 6.20 Å². The summed E-state index contributed by atoms with van der Waals surface area (Å²) in [6, 6.07) is 3.90. The van der Waals surface area contributed by atoms with Crippen molar-refractivity contribution >= 4 is 5.91 Å². The third-order valence-electron chi connectivity index (χ3n) is 3.61. The van der Waals surface area contributed by atoms with Crippen molar-refractivity contribution in [1.82, 2.24) is 9.88 Å². The van der Waals surface area contributed by atoms with Crippen molar-refractivity contribution in [3.8, 4) is 0 Å². The lowest BCUT2D eigenvalue weighted by molar-refractivity contribution is -0.139. The second kappa shape index (κ2) is 7.97. The number of hydrogen-bond acceptors (Lipinski definition) is 4. The first-order chi connectivity index (χ1) is 9.81. The van der Waals surface area contributed by atoms with Crippen LogP contribution in [0.4, 0.5) is 0 Å². The fourth-order valence-electron chi connectivity index (χ4n) is 2.46. The lowest BCUT2D eigenvalue weighted by Crippen LogP contribution is -2.39. The summed E-state index contributed by atoms with van der Waals surface area (Å²) in [5, 5.41) is 0. The number of aromatic nitrogens is 1. The van der Waals surface area contributed by atoms with Crippen LogP contribution in [-0.4, -0.2) is 42.1 Å². The summed E-state index contributed by atoms with van der Waals surface area (Å²) in [7, 11) is 0. The Morgan fingerprint density at radius 2 is 2.25 bits per heavy atom. The van der Waals surface area contributed by atoms with Gasteiger partial charge in [-0.25, -0.2) is 0 Å². The lowest BCUT2D eigenvalue weighted by Gasteiger charge is -2.29. The van der Waals surface area contributed by atoms with Crippen LogP contribution in [-0.2, 0) is 16.1 Å². The van der Waals surface area contributed by atoms with Crippen LogP contribution in [0.3, 0.4) is 0 Å². The van der Waals surface area contributed by atoms with E-state index in [-0.39, 0.29) is 11.8 Å². The Bertz CT molecular complexity index is 405. The molecule has 0 saturated carbocycles. The average molecular weight is 277 g/mol. The van der Waals surface area contributed by atoms with E-state index in [2.05, 4.69) is 4.98 Å². The summed E-state index contributed by atoms with van der Waals surface area (Å²) < 4.78 is 5.33. The van der Waals surface area contributed by atoms with E-state index < -0.39 is 0 Å². The van der Waals surface area contributed by atoms with Crippen molar-refractivity contribution < 1.29 is 9.53 Å². The molecule has 1 saturated heterocycles. The third-order valence-corrected chi connectivity index (χ3v) is 3.61. The van der Waals surface area contributed by atoms with Crippen molar-refractivity contribution in [2.24, 2.45) is 11.7 Å². The van der Waals surface area contributed by atoms with Gasteiger partial charge in [-0.15, -0.1) is 0 Å². The molecule has 1 aromatic rings. The van der Waals surface area contributed by atoms with Crippen molar-refractivity contribution in [2.45, 2.75) is 25.8 Å². The number of carbonyl (C=O) groups excluding carboxylic acids is 1. The number of nitrogens with two attached hydrogens (primary N) is 1. The maximum atomic E-state index is 12.6. The van der Waals surface area contributed by atoms with Gasteiger partial charge in [-0.05, 0) is 37.4 Å². The number of hydrogen-bond donors (Lipinski definition) is 1. The number of nitrogens with zero attached hydrogens (tertiary/aromatic N) is 2. The standard InChI is InChI=1S/C15H23N3O2/c16-6-2-8-18(12-13-3-1-7-17-11-13)15(19)14-4-9-20-10-5-14/h1,3,7,11,14H,2,4-6,8-10,12,16H2. The van der Waals surface area contributed by atoms with Gasteiger partial charge in [0.1, 0.15) is 0 Å². The topological polar surface area (TPSA) is 68.5 Å². The van der Waals surface area contributed by atoms with Crippen molar-refractivity contribution in [1.29, 1.82) is 0 Å². The molecule has 2 rings (SSSR count). The maximum Gasteiger partial charge on any atom is 0.226 e. The zero-order valence-electron chi connectivity index (χ0n) is 11.8. The van der Waals surface area contributed by atoms with Gasteiger partial charge in [0, 0.05) is 44.6 Å². The van der Waals surface area contributed by atoms with Gasteiger partial charge in [-0.3, -0.25) is 9.78 Å². The predicted molar refractivity (Wildman–Crippen MR) is 76.9 cm³/mol. The molecule has 0 atom stereocenters. The van der Waals surface area contributed by atoms with Crippen molar-refractivity contribution in [3.63, 3.8) is 0 Å². The average Bonchev–Trinajstić information content (AvgIpc) is 2.52. The Hall–Kier alpha value is -1.46. The molecular formula is C15H23N3O2. The summed E-state index contributed by atoms with van der Waals surface area (Å²) in [6.45, 7) is 3.30. The molecule has 5 heteroatoms. The molecule has 0 aromatic carbocycles. The van der Waals surface area contributed by atoms with E-state index in [0.29, 0.717) is 32.8 Å². The number of amides is 1. The molecule has 0 radical (unpaired) electrons. The molecule has 0 unspecified atom stereocenters. The SMILES string of the molecule is NCCCN(Cc1cccnc1)C(=O)C1CCOCC1. The van der Waals surface area contributed by atoms with E-state index in [4.69, 9.17) is 10.5 Å². The number of pyridine rings is 1. The Morgan fingerprint density at radius 3 is 2.90 bits per heavy atom. The molecule has 1 aliphatic rings. The highest BCUT2D eigenvalue weighted by molar-refractivity contribution is 5.78. The summed E-state index contributed by atoms with van der Waals surface area (Å²) in [5.74, 6) is 0.323. The summed E-state index contributed by atoms with van der Waals surface area (Å²) in [4.78, 5) is 18.6. The molecule has 0 bridgehead atoms. The van der Waals surface area contributed by atoms with E-state index >= 15 is 0 Å². The molecule has 1 amide bonds. The molecule has 110 valence electrons. The highest BCUT2D eigenvalue weighted by Crippen LogP contribution is 2.19. The maximum absolute atomic E-state index is 12.6. The monoisotopic (exact) mass is 277 g/mol. The van der Waals surface area contributed by atoms with Gasteiger partial charge in [-0.2, -0.15) is 0 Å². The predicted octanol–water partition coefficient (Wildman–Crippen LogP) is 1.19. The van der Waals surface area contributed by atoms with Gasteiger partial charge in [0.2, 0.25) is 5.91 Å². The number of rotatable bonds is 6. The molecule has 0 spiro atoms. The van der Waals surface area contributed by atoms with Gasteiger partial charge in [0.25, 0.3) is 0 Å². The van der Waals surface area contributed by atoms with Crippen LogP contribution in [0.2, 0.25) is 0 Å². The van der Waals surface area contributed by atoms with Gasteiger partial charge in [0.05, 0.1) is 0 Å². The van der Waals surface area contributed by atoms with Gasteiger partial charge < -0.3 is 15.4 Å². The molecule has 20 heavy (non-hydrogen) atoms. The minimum atomic E-state index is 0.0956. The largest absolute Gasteiger partial charge is 0.381 e. The fourth-order valence-corrected chi connectivity index (χ4v) is 2.46. The van der Waals surface area contributed by atoms with Crippen LogP contribution in [0, 0.1) is 5.92 Å². The van der Waals surface area contributed by atoms with Crippen LogP contribution in [0.25, 0.3) is 0 Å². The van der Waals surface area contributed by atoms with Gasteiger partial charge in [-0.1, -0.05) is 6.07 Å². The second-order valence-corrected chi connectivity index (χ2v) is 5.15. The highest BCUT2D eigenvalue weighted by atomic mass is 16.5. The quantitative estimate of drug-likeness (QED) is 0.848. The molecule has 1 aliphatic heterocycles. The molecule has 2 heterocycles. The first kappa shape index (κ1) is 14.9. The Kier molecular flexibility index (Phi) is 5.95. The van der Waals surface area contributed by atoms with E-state index in [9.17, 15) is 4.79 Å². The fraction of sp³-hybridized carbons (Fsp3) is 0.600. The third kappa shape index (κ3) is 4.28. The van der Waals surface area contributed by atoms with Crippen LogP contribution in [0.1, 0.15) is 24.8 Å². The summed E-state index contributed by atoms with van der Waals surface area (Å²) in [6.07, 6.45) is 6.03. The highest BCUT2D eigenvalue weighted by Gasteiger charge is 2.26. The van der Waals surface area contributed by atoms with Crippen LogP contribution in [0.5, 0.6) is 0 Å². The van der Waals surface area contributed by atoms with Gasteiger partial charge >= 0.3 is 0 Å². The van der Waals surface area contributed by atoms with Gasteiger partial charge in [0.15, 0.2) is 0 Å².